The Morgan fingerprint density at radius 3 is 2.65 bits per heavy atom. The lowest BCUT2D eigenvalue weighted by Crippen LogP contribution is -2.38. The third-order valence-corrected chi connectivity index (χ3v) is 4.20. The van der Waals surface area contributed by atoms with Gasteiger partial charge in [0.2, 0.25) is 5.91 Å². The van der Waals surface area contributed by atoms with E-state index in [1.165, 1.54) is 18.8 Å². The molecular weight excluding hydrogens is 314 g/mol. The minimum atomic E-state index is -0.520. The summed E-state index contributed by atoms with van der Waals surface area (Å²) in [6.07, 6.45) is 0. The molecule has 1 aromatic heterocycles. The topological polar surface area (TPSA) is 88.9 Å². The number of imide groups is 1. The molecule has 23 heavy (non-hydrogen) atoms. The van der Waals surface area contributed by atoms with Crippen LogP contribution in [-0.2, 0) is 11.3 Å². The lowest BCUT2D eigenvalue weighted by Gasteiger charge is -2.09. The van der Waals surface area contributed by atoms with Crippen LogP contribution in [0.3, 0.4) is 0 Å². The van der Waals surface area contributed by atoms with Crippen molar-refractivity contribution in [3.05, 3.63) is 29.8 Å². The molecule has 2 N–H and O–H groups in total. The average Bonchev–Trinajstić information content (AvgIpc) is 2.95. The van der Waals surface area contributed by atoms with Crippen LogP contribution in [0.1, 0.15) is 12.5 Å². The second-order valence-corrected chi connectivity index (χ2v) is 5.72. The molecule has 0 bridgehead atoms. The number of hydrogen-bond donors (Lipinski definition) is 2. The Hall–Kier alpha value is -2.35. The standard InChI is InChI=1S/C15H19N5O2S/c1-4-20-13(11-8-6-5-7-10(11)2)18-19-15(20)23-9-12(21)17-14(22)16-3/h5-8H,4,9H2,1-3H3,(H2,16,17,21,22). The zero-order valence-corrected chi connectivity index (χ0v) is 14.1. The highest BCUT2D eigenvalue weighted by Gasteiger charge is 2.16. The molecule has 1 heterocycles. The minimum Gasteiger partial charge on any atom is -0.341 e. The molecule has 2 rings (SSSR count). The number of rotatable bonds is 5. The van der Waals surface area contributed by atoms with Crippen LogP contribution in [0.2, 0.25) is 0 Å². The van der Waals surface area contributed by atoms with Crippen LogP contribution in [0.4, 0.5) is 4.79 Å². The van der Waals surface area contributed by atoms with E-state index in [4.69, 9.17) is 0 Å². The summed E-state index contributed by atoms with van der Waals surface area (Å²) in [5.41, 5.74) is 2.13. The van der Waals surface area contributed by atoms with Gasteiger partial charge in [0.15, 0.2) is 11.0 Å². The maximum absolute atomic E-state index is 11.7. The minimum absolute atomic E-state index is 0.0966. The van der Waals surface area contributed by atoms with E-state index < -0.39 is 6.03 Å². The first-order chi connectivity index (χ1) is 11.1. The van der Waals surface area contributed by atoms with Gasteiger partial charge in [-0.05, 0) is 19.4 Å². The number of urea groups is 1. The van der Waals surface area contributed by atoms with Gasteiger partial charge in [0.1, 0.15) is 0 Å². The van der Waals surface area contributed by atoms with Crippen molar-refractivity contribution in [3.63, 3.8) is 0 Å². The largest absolute Gasteiger partial charge is 0.341 e. The van der Waals surface area contributed by atoms with Gasteiger partial charge in [0.05, 0.1) is 5.75 Å². The zero-order valence-electron chi connectivity index (χ0n) is 13.3. The summed E-state index contributed by atoms with van der Waals surface area (Å²) in [4.78, 5) is 22.8. The van der Waals surface area contributed by atoms with Gasteiger partial charge < -0.3 is 9.88 Å². The number of aromatic nitrogens is 3. The van der Waals surface area contributed by atoms with Crippen LogP contribution >= 0.6 is 11.8 Å². The number of carbonyl (C=O) groups excluding carboxylic acids is 2. The molecule has 0 saturated heterocycles. The summed E-state index contributed by atoms with van der Waals surface area (Å²) in [7, 11) is 1.46. The first-order valence-electron chi connectivity index (χ1n) is 7.20. The SMILES string of the molecule is CCn1c(SCC(=O)NC(=O)NC)nnc1-c1ccccc1C. The molecule has 0 aliphatic rings. The lowest BCUT2D eigenvalue weighted by molar-refractivity contribution is -0.117. The number of hydrogen-bond acceptors (Lipinski definition) is 5. The maximum Gasteiger partial charge on any atom is 0.321 e. The molecule has 0 radical (unpaired) electrons. The molecule has 0 saturated carbocycles. The number of nitrogens with one attached hydrogen (secondary N) is 2. The van der Waals surface area contributed by atoms with E-state index in [1.807, 2.05) is 42.7 Å². The Balaban J connectivity index is 2.14. The Morgan fingerprint density at radius 2 is 2.00 bits per heavy atom. The van der Waals surface area contributed by atoms with Crippen LogP contribution < -0.4 is 10.6 Å². The van der Waals surface area contributed by atoms with Crippen molar-refractivity contribution in [3.8, 4) is 11.4 Å². The van der Waals surface area contributed by atoms with E-state index in [0.29, 0.717) is 11.7 Å². The van der Waals surface area contributed by atoms with Crippen molar-refractivity contribution in [2.24, 2.45) is 0 Å². The number of carbonyl (C=O) groups is 2. The van der Waals surface area contributed by atoms with E-state index in [9.17, 15) is 9.59 Å². The number of benzene rings is 1. The van der Waals surface area contributed by atoms with Gasteiger partial charge in [-0.3, -0.25) is 10.1 Å². The summed E-state index contributed by atoms with van der Waals surface area (Å²) >= 11 is 1.25. The molecule has 3 amide bonds. The first-order valence-corrected chi connectivity index (χ1v) is 8.19. The molecule has 2 aromatic rings. The summed E-state index contributed by atoms with van der Waals surface area (Å²) < 4.78 is 1.96. The highest BCUT2D eigenvalue weighted by Crippen LogP contribution is 2.25. The third-order valence-electron chi connectivity index (χ3n) is 3.23. The molecule has 0 aliphatic carbocycles. The molecule has 0 fully saturated rings. The van der Waals surface area contributed by atoms with Gasteiger partial charge in [-0.25, -0.2) is 4.79 Å². The van der Waals surface area contributed by atoms with Gasteiger partial charge in [-0.2, -0.15) is 0 Å². The van der Waals surface area contributed by atoms with E-state index in [1.54, 1.807) is 0 Å². The predicted molar refractivity (Wildman–Crippen MR) is 89.2 cm³/mol. The summed E-state index contributed by atoms with van der Waals surface area (Å²) in [6, 6.07) is 7.43. The molecule has 0 unspecified atom stereocenters. The molecule has 0 atom stereocenters. The molecule has 7 nitrogen and oxygen atoms in total. The highest BCUT2D eigenvalue weighted by atomic mass is 32.2. The monoisotopic (exact) mass is 333 g/mol. The van der Waals surface area contributed by atoms with Crippen molar-refractivity contribution < 1.29 is 9.59 Å². The van der Waals surface area contributed by atoms with Crippen molar-refractivity contribution in [1.82, 2.24) is 25.4 Å². The number of amides is 3. The van der Waals surface area contributed by atoms with Crippen LogP contribution in [0.5, 0.6) is 0 Å². The second kappa shape index (κ2) is 7.77. The van der Waals surface area contributed by atoms with E-state index in [-0.39, 0.29) is 11.7 Å². The molecule has 1 aromatic carbocycles. The normalized spacial score (nSPS) is 10.4. The van der Waals surface area contributed by atoms with Crippen molar-refractivity contribution >= 4 is 23.7 Å². The zero-order chi connectivity index (χ0) is 16.8. The summed E-state index contributed by atoms with van der Waals surface area (Å²) in [6.45, 7) is 4.71. The lowest BCUT2D eigenvalue weighted by atomic mass is 10.1. The van der Waals surface area contributed by atoms with E-state index in [2.05, 4.69) is 20.8 Å². The van der Waals surface area contributed by atoms with Crippen molar-refractivity contribution in [2.75, 3.05) is 12.8 Å². The van der Waals surface area contributed by atoms with Crippen LogP contribution in [0.15, 0.2) is 29.4 Å². The average molecular weight is 333 g/mol. The third kappa shape index (κ3) is 4.10. The Labute approximate surface area is 138 Å². The quantitative estimate of drug-likeness (QED) is 0.815. The second-order valence-electron chi connectivity index (χ2n) is 4.78. The van der Waals surface area contributed by atoms with Crippen molar-refractivity contribution in [1.29, 1.82) is 0 Å². The Morgan fingerprint density at radius 1 is 1.26 bits per heavy atom. The van der Waals surface area contributed by atoms with Gasteiger partial charge in [0.25, 0.3) is 0 Å². The Bertz CT molecular complexity index is 714. The van der Waals surface area contributed by atoms with E-state index in [0.717, 1.165) is 17.0 Å². The van der Waals surface area contributed by atoms with Crippen LogP contribution in [0, 0.1) is 6.92 Å². The highest BCUT2D eigenvalue weighted by molar-refractivity contribution is 7.99. The molecular formula is C15H19N5O2S. The number of nitrogens with zero attached hydrogens (tertiary/aromatic N) is 3. The van der Waals surface area contributed by atoms with Crippen LogP contribution in [-0.4, -0.2) is 39.5 Å². The summed E-state index contributed by atoms with van der Waals surface area (Å²) in [5, 5.41) is 13.6. The predicted octanol–water partition coefficient (Wildman–Crippen LogP) is 1.82. The summed E-state index contributed by atoms with van der Waals surface area (Å²) in [5.74, 6) is 0.497. The smallest absolute Gasteiger partial charge is 0.321 e. The Kier molecular flexibility index (Phi) is 5.75. The maximum atomic E-state index is 11.7. The molecule has 8 heteroatoms. The number of aryl methyl sites for hydroxylation is 1. The van der Waals surface area contributed by atoms with Crippen molar-refractivity contribution in [2.45, 2.75) is 25.5 Å². The fourth-order valence-electron chi connectivity index (χ4n) is 2.06. The molecule has 122 valence electrons. The fraction of sp³-hybridized carbons (Fsp3) is 0.333. The van der Waals surface area contributed by atoms with Crippen LogP contribution in [0.25, 0.3) is 11.4 Å². The first kappa shape index (κ1) is 17.0. The molecule has 0 spiro atoms. The van der Waals surface area contributed by atoms with Gasteiger partial charge >= 0.3 is 6.03 Å². The van der Waals surface area contributed by atoms with Gasteiger partial charge in [0, 0.05) is 19.2 Å². The van der Waals surface area contributed by atoms with Gasteiger partial charge in [-0.15, -0.1) is 10.2 Å². The van der Waals surface area contributed by atoms with Gasteiger partial charge in [-0.1, -0.05) is 36.0 Å². The molecule has 0 aliphatic heterocycles. The fourth-order valence-corrected chi connectivity index (χ4v) is 2.86. The van der Waals surface area contributed by atoms with E-state index >= 15 is 0 Å². The number of thioether (sulfide) groups is 1.